The van der Waals surface area contributed by atoms with E-state index in [2.05, 4.69) is 32.7 Å². The van der Waals surface area contributed by atoms with Crippen LogP contribution in [0, 0.1) is 5.41 Å². The van der Waals surface area contributed by atoms with Crippen LogP contribution in [0.5, 0.6) is 0 Å². The van der Waals surface area contributed by atoms with Gasteiger partial charge in [-0.25, -0.2) is 4.98 Å². The lowest BCUT2D eigenvalue weighted by Crippen LogP contribution is -2.42. The SMILES string of the molecule is N=c1nc(C(=O)NC[C@H](O)CN2CCc3ccccc3C2)cc2n1CC(CO)N2. The van der Waals surface area contributed by atoms with Crippen LogP contribution in [0.4, 0.5) is 5.82 Å². The number of carbonyl (C=O) groups excluding carboxylic acids is 1. The van der Waals surface area contributed by atoms with Gasteiger partial charge in [0.25, 0.3) is 5.91 Å². The monoisotopic (exact) mass is 398 g/mol. The fourth-order valence-electron chi connectivity index (χ4n) is 3.90. The van der Waals surface area contributed by atoms with Gasteiger partial charge in [0.2, 0.25) is 5.62 Å². The number of benzene rings is 1. The molecule has 0 saturated heterocycles. The van der Waals surface area contributed by atoms with Crippen LogP contribution in [-0.2, 0) is 19.5 Å². The largest absolute Gasteiger partial charge is 0.394 e. The number of β-amino-alcohol motifs (C(OH)–C–C–N with tert-alkyl or cyclic N) is 1. The molecule has 29 heavy (non-hydrogen) atoms. The summed E-state index contributed by atoms with van der Waals surface area (Å²) in [5.41, 5.74) is 2.72. The average molecular weight is 398 g/mol. The molecule has 154 valence electrons. The zero-order valence-corrected chi connectivity index (χ0v) is 16.1. The van der Waals surface area contributed by atoms with Gasteiger partial charge >= 0.3 is 0 Å². The summed E-state index contributed by atoms with van der Waals surface area (Å²) in [6, 6.07) is 9.71. The standard InChI is InChI=1S/C20H26N6O3/c21-20-24-17(7-18-23-15(12-27)10-26(18)20)19(29)22-8-16(28)11-25-6-5-13-3-1-2-4-14(13)9-25/h1-4,7,15-16,21,23,27-28H,5-6,8-12H2,(H,22,29)/t15?,16-/m0/s1. The Morgan fingerprint density at radius 1 is 1.38 bits per heavy atom. The minimum absolute atomic E-state index is 0.0383. The molecule has 2 aromatic rings. The first-order chi connectivity index (χ1) is 14.0. The van der Waals surface area contributed by atoms with Crippen LogP contribution in [0.1, 0.15) is 21.6 Å². The Bertz CT molecular complexity index is 959. The van der Waals surface area contributed by atoms with Crippen molar-refractivity contribution < 1.29 is 15.0 Å². The summed E-state index contributed by atoms with van der Waals surface area (Å²) in [4.78, 5) is 18.7. The van der Waals surface area contributed by atoms with E-state index >= 15 is 0 Å². The van der Waals surface area contributed by atoms with Crippen molar-refractivity contribution in [3.05, 3.63) is 52.8 Å². The predicted molar refractivity (Wildman–Crippen MR) is 106 cm³/mol. The Hall–Kier alpha value is -2.75. The Kier molecular flexibility index (Phi) is 5.61. The van der Waals surface area contributed by atoms with E-state index in [-0.39, 0.29) is 30.5 Å². The maximum atomic E-state index is 12.4. The number of aliphatic hydroxyl groups excluding tert-OH is 2. The predicted octanol–water partition coefficient (Wildman–Crippen LogP) is -0.702. The number of aromatic nitrogens is 2. The summed E-state index contributed by atoms with van der Waals surface area (Å²) in [7, 11) is 0. The molecule has 0 radical (unpaired) electrons. The number of nitrogens with one attached hydrogen (secondary N) is 3. The molecule has 0 aliphatic carbocycles. The van der Waals surface area contributed by atoms with Crippen molar-refractivity contribution in [2.45, 2.75) is 31.7 Å². The highest BCUT2D eigenvalue weighted by Crippen LogP contribution is 2.18. The van der Waals surface area contributed by atoms with Gasteiger partial charge in [-0.1, -0.05) is 24.3 Å². The molecule has 1 aromatic heterocycles. The number of anilines is 1. The number of amides is 1. The fourth-order valence-corrected chi connectivity index (χ4v) is 3.90. The first-order valence-electron chi connectivity index (χ1n) is 9.82. The van der Waals surface area contributed by atoms with Gasteiger partial charge in [-0.05, 0) is 17.5 Å². The Balaban J connectivity index is 1.31. The van der Waals surface area contributed by atoms with Gasteiger partial charge in [0.05, 0.1) is 18.8 Å². The van der Waals surface area contributed by atoms with Crippen LogP contribution in [0.15, 0.2) is 30.3 Å². The Labute approximate surface area is 168 Å². The van der Waals surface area contributed by atoms with Gasteiger partial charge in [0.15, 0.2) is 0 Å². The Morgan fingerprint density at radius 2 is 2.17 bits per heavy atom. The summed E-state index contributed by atoms with van der Waals surface area (Å²) in [5.74, 6) is 0.154. The van der Waals surface area contributed by atoms with Crippen molar-refractivity contribution in [1.82, 2.24) is 19.8 Å². The van der Waals surface area contributed by atoms with Gasteiger partial charge in [-0.3, -0.25) is 19.7 Å². The highest BCUT2D eigenvalue weighted by Gasteiger charge is 2.23. The highest BCUT2D eigenvalue weighted by atomic mass is 16.3. The molecule has 0 fully saturated rings. The summed E-state index contributed by atoms with van der Waals surface area (Å²) < 4.78 is 1.61. The lowest BCUT2D eigenvalue weighted by Gasteiger charge is -2.30. The molecule has 0 bridgehead atoms. The molecule has 2 aliphatic rings. The first kappa shape index (κ1) is 19.6. The minimum atomic E-state index is -0.694. The molecule has 1 aromatic carbocycles. The van der Waals surface area contributed by atoms with E-state index in [1.54, 1.807) is 10.6 Å². The summed E-state index contributed by atoms with van der Waals surface area (Å²) in [5, 5.41) is 33.4. The van der Waals surface area contributed by atoms with Gasteiger partial charge in [-0.15, -0.1) is 0 Å². The molecule has 4 rings (SSSR count). The Morgan fingerprint density at radius 3 is 2.97 bits per heavy atom. The number of aliphatic hydroxyl groups is 2. The molecular formula is C20H26N6O3. The summed E-state index contributed by atoms with van der Waals surface area (Å²) >= 11 is 0. The number of hydrogen-bond acceptors (Lipinski definition) is 7. The van der Waals surface area contributed by atoms with Crippen LogP contribution >= 0.6 is 0 Å². The van der Waals surface area contributed by atoms with E-state index in [0.29, 0.717) is 18.9 Å². The molecular weight excluding hydrogens is 372 g/mol. The van der Waals surface area contributed by atoms with Crippen LogP contribution in [0.3, 0.4) is 0 Å². The third kappa shape index (κ3) is 4.31. The number of nitrogens with zero attached hydrogens (tertiary/aromatic N) is 3. The third-order valence-corrected chi connectivity index (χ3v) is 5.43. The lowest BCUT2D eigenvalue weighted by molar-refractivity contribution is 0.0837. The van der Waals surface area contributed by atoms with Crippen LogP contribution < -0.4 is 16.3 Å². The highest BCUT2D eigenvalue weighted by molar-refractivity contribution is 5.92. The average Bonchev–Trinajstić information content (AvgIpc) is 3.16. The van der Waals surface area contributed by atoms with E-state index in [4.69, 9.17) is 5.41 Å². The first-order valence-corrected chi connectivity index (χ1v) is 9.82. The van der Waals surface area contributed by atoms with E-state index in [9.17, 15) is 15.0 Å². The van der Waals surface area contributed by atoms with E-state index < -0.39 is 12.0 Å². The van der Waals surface area contributed by atoms with Gasteiger partial charge in [0.1, 0.15) is 11.5 Å². The number of carbonyl (C=O) groups is 1. The molecule has 3 heterocycles. The van der Waals surface area contributed by atoms with Crippen molar-refractivity contribution in [1.29, 1.82) is 5.41 Å². The number of fused-ring (bicyclic) bond motifs is 2. The third-order valence-electron chi connectivity index (χ3n) is 5.43. The van der Waals surface area contributed by atoms with Crippen LogP contribution in [0.2, 0.25) is 0 Å². The maximum Gasteiger partial charge on any atom is 0.270 e. The summed E-state index contributed by atoms with van der Waals surface area (Å²) in [6.07, 6.45) is 0.264. The minimum Gasteiger partial charge on any atom is -0.394 e. The van der Waals surface area contributed by atoms with Gasteiger partial charge in [0, 0.05) is 38.8 Å². The summed E-state index contributed by atoms with van der Waals surface area (Å²) in [6.45, 7) is 2.65. The van der Waals surface area contributed by atoms with E-state index in [0.717, 1.165) is 19.5 Å². The topological polar surface area (TPSA) is 127 Å². The number of hydrogen-bond donors (Lipinski definition) is 5. The molecule has 1 unspecified atom stereocenters. The quantitative estimate of drug-likeness (QED) is 0.438. The van der Waals surface area contributed by atoms with Crippen LogP contribution in [0.25, 0.3) is 0 Å². The fraction of sp³-hybridized carbons (Fsp3) is 0.450. The van der Waals surface area contributed by atoms with Crippen molar-refractivity contribution >= 4 is 11.7 Å². The molecule has 5 N–H and O–H groups in total. The molecule has 0 spiro atoms. The van der Waals surface area contributed by atoms with Gasteiger partial charge < -0.3 is 20.8 Å². The second kappa shape index (κ2) is 8.32. The maximum absolute atomic E-state index is 12.4. The number of rotatable bonds is 6. The molecule has 0 saturated carbocycles. The molecule has 9 nitrogen and oxygen atoms in total. The molecule has 1 amide bonds. The lowest BCUT2D eigenvalue weighted by atomic mass is 10.00. The van der Waals surface area contributed by atoms with E-state index in [1.165, 1.54) is 11.1 Å². The van der Waals surface area contributed by atoms with Crippen molar-refractivity contribution in [2.75, 3.05) is 31.6 Å². The molecule has 2 atom stereocenters. The van der Waals surface area contributed by atoms with Gasteiger partial charge in [-0.2, -0.15) is 0 Å². The smallest absolute Gasteiger partial charge is 0.270 e. The molecule has 9 heteroatoms. The normalized spacial score (nSPS) is 19.2. The zero-order valence-electron chi connectivity index (χ0n) is 16.1. The van der Waals surface area contributed by atoms with Crippen molar-refractivity contribution in [3.63, 3.8) is 0 Å². The van der Waals surface area contributed by atoms with Crippen LogP contribution in [-0.4, -0.2) is 69.0 Å². The van der Waals surface area contributed by atoms with Crippen molar-refractivity contribution in [2.24, 2.45) is 0 Å². The zero-order chi connectivity index (χ0) is 20.4. The second-order valence-electron chi connectivity index (χ2n) is 7.60. The molecule has 2 aliphatic heterocycles. The second-order valence-corrected chi connectivity index (χ2v) is 7.60. The van der Waals surface area contributed by atoms with Crippen molar-refractivity contribution in [3.8, 4) is 0 Å². The van der Waals surface area contributed by atoms with E-state index in [1.807, 2.05) is 12.1 Å².